The lowest BCUT2D eigenvalue weighted by molar-refractivity contribution is 0.0526. The molecular weight excluding hydrogens is 183 g/mol. The lowest BCUT2D eigenvalue weighted by Gasteiger charge is -2.00. The van der Waals surface area contributed by atoms with Crippen molar-refractivity contribution >= 4 is 19.3 Å². The quantitative estimate of drug-likeness (QED) is 0.426. The van der Waals surface area contributed by atoms with Crippen molar-refractivity contribution in [2.45, 2.75) is 6.92 Å². The van der Waals surface area contributed by atoms with Crippen molar-refractivity contribution in [3.05, 3.63) is 29.8 Å². The fraction of sp³-hybridized carbons (Fsp3) is 0.222. The molecule has 0 saturated heterocycles. The van der Waals surface area contributed by atoms with Crippen LogP contribution >= 0.6 is 0 Å². The molecule has 0 bridgehead atoms. The highest BCUT2D eigenvalue weighted by molar-refractivity contribution is 6.32. The second kappa shape index (κ2) is 7.11. The average molecular weight is 198 g/mol. The summed E-state index contributed by atoms with van der Waals surface area (Å²) in [6.45, 7) is 2.22. The molecule has 1 aromatic carbocycles. The summed E-state index contributed by atoms with van der Waals surface area (Å²) >= 11 is 0. The fourth-order valence-corrected chi connectivity index (χ4v) is 0.904. The van der Waals surface area contributed by atoms with Gasteiger partial charge in [-0.25, -0.2) is 4.79 Å². The molecule has 5 heteroatoms. The molecule has 0 aliphatic heterocycles. The minimum atomic E-state index is -0.252. The number of hydrogen-bond acceptors (Lipinski definition) is 2. The van der Waals surface area contributed by atoms with E-state index in [4.69, 9.17) is 4.74 Å². The Kier molecular flexibility index (Phi) is 7.70. The average Bonchev–Trinajstić information content (AvgIpc) is 2.06. The van der Waals surface area contributed by atoms with E-state index in [2.05, 4.69) is 0 Å². The zero-order chi connectivity index (χ0) is 8.97. The van der Waals surface area contributed by atoms with Crippen molar-refractivity contribution in [3.8, 4) is 0 Å². The van der Waals surface area contributed by atoms with Crippen LogP contribution in [0.5, 0.6) is 0 Å². The largest absolute Gasteiger partial charge is 0.462 e. The standard InChI is InChI=1S/C9H11BO2.2H2O/c1-2-12-9(11)7-3-5-8(10)6-4-7;;/h3-6H,2,10H2,1H3;2*1H2. The molecule has 0 aliphatic carbocycles. The van der Waals surface area contributed by atoms with E-state index >= 15 is 0 Å². The van der Waals surface area contributed by atoms with E-state index in [-0.39, 0.29) is 16.9 Å². The van der Waals surface area contributed by atoms with E-state index in [1.165, 1.54) is 0 Å². The highest BCUT2D eigenvalue weighted by Gasteiger charge is 2.03. The van der Waals surface area contributed by atoms with Crippen molar-refractivity contribution < 1.29 is 20.5 Å². The topological polar surface area (TPSA) is 89.3 Å². The van der Waals surface area contributed by atoms with E-state index < -0.39 is 0 Å². The summed E-state index contributed by atoms with van der Waals surface area (Å²) < 4.78 is 4.83. The van der Waals surface area contributed by atoms with Crippen LogP contribution in [0.25, 0.3) is 0 Å². The Morgan fingerprint density at radius 1 is 1.29 bits per heavy atom. The van der Waals surface area contributed by atoms with Gasteiger partial charge in [0.15, 0.2) is 0 Å². The van der Waals surface area contributed by atoms with Crippen LogP contribution in [0.1, 0.15) is 17.3 Å². The molecule has 1 aromatic rings. The molecule has 0 amide bonds. The maximum atomic E-state index is 11.1. The van der Waals surface area contributed by atoms with Gasteiger partial charge in [-0.05, 0) is 19.1 Å². The van der Waals surface area contributed by atoms with Gasteiger partial charge in [-0.3, -0.25) is 0 Å². The van der Waals surface area contributed by atoms with Gasteiger partial charge in [-0.1, -0.05) is 17.6 Å². The number of carbonyl (C=O) groups excluding carboxylic acids is 1. The monoisotopic (exact) mass is 198 g/mol. The van der Waals surface area contributed by atoms with Crippen LogP contribution in [0.15, 0.2) is 24.3 Å². The van der Waals surface area contributed by atoms with Gasteiger partial charge in [0.2, 0.25) is 0 Å². The number of hydrogen-bond donors (Lipinski definition) is 0. The van der Waals surface area contributed by atoms with Crippen LogP contribution in [0.4, 0.5) is 0 Å². The van der Waals surface area contributed by atoms with Gasteiger partial charge in [0.25, 0.3) is 0 Å². The first-order chi connectivity index (χ1) is 5.74. The van der Waals surface area contributed by atoms with Crippen molar-refractivity contribution in [3.63, 3.8) is 0 Å². The molecule has 0 radical (unpaired) electrons. The van der Waals surface area contributed by atoms with E-state index in [9.17, 15) is 4.79 Å². The molecule has 0 aliphatic rings. The molecule has 0 aromatic heterocycles. The first-order valence-corrected chi connectivity index (χ1v) is 3.98. The molecular formula is C9H15BO4. The van der Waals surface area contributed by atoms with Crippen molar-refractivity contribution in [2.24, 2.45) is 0 Å². The van der Waals surface area contributed by atoms with Gasteiger partial charge in [0.1, 0.15) is 7.85 Å². The molecule has 78 valence electrons. The Morgan fingerprint density at radius 3 is 2.21 bits per heavy atom. The van der Waals surface area contributed by atoms with Crippen molar-refractivity contribution in [1.82, 2.24) is 0 Å². The third kappa shape index (κ3) is 4.07. The number of esters is 1. The van der Waals surface area contributed by atoms with Crippen LogP contribution in [0.2, 0.25) is 0 Å². The van der Waals surface area contributed by atoms with Gasteiger partial charge < -0.3 is 15.7 Å². The molecule has 0 heterocycles. The van der Waals surface area contributed by atoms with Gasteiger partial charge in [0.05, 0.1) is 12.2 Å². The first-order valence-electron chi connectivity index (χ1n) is 3.98. The Morgan fingerprint density at radius 2 is 1.79 bits per heavy atom. The van der Waals surface area contributed by atoms with E-state index in [1.54, 1.807) is 19.1 Å². The summed E-state index contributed by atoms with van der Waals surface area (Å²) in [4.78, 5) is 11.1. The van der Waals surface area contributed by atoms with E-state index in [0.717, 1.165) is 5.46 Å². The molecule has 0 unspecified atom stereocenters. The highest BCUT2D eigenvalue weighted by atomic mass is 16.5. The maximum Gasteiger partial charge on any atom is 0.338 e. The zero-order valence-electron chi connectivity index (χ0n) is 8.33. The molecule has 4 N–H and O–H groups in total. The number of rotatable bonds is 2. The summed E-state index contributed by atoms with van der Waals surface area (Å²) in [6.07, 6.45) is 0. The molecule has 14 heavy (non-hydrogen) atoms. The Bertz CT molecular complexity index is 271. The number of carbonyl (C=O) groups is 1. The van der Waals surface area contributed by atoms with Crippen LogP contribution in [0, 0.1) is 0 Å². The summed E-state index contributed by atoms with van der Waals surface area (Å²) in [7, 11) is 1.98. The molecule has 0 saturated carbocycles. The van der Waals surface area contributed by atoms with Gasteiger partial charge in [0, 0.05) is 0 Å². The van der Waals surface area contributed by atoms with Crippen molar-refractivity contribution in [1.29, 1.82) is 0 Å². The predicted octanol–water partition coefficient (Wildman–Crippen LogP) is -1.53. The second-order valence-electron chi connectivity index (χ2n) is 2.59. The smallest absolute Gasteiger partial charge is 0.338 e. The Labute approximate surface area is 83.9 Å². The summed E-state index contributed by atoms with van der Waals surface area (Å²) in [6, 6.07) is 7.33. The van der Waals surface area contributed by atoms with Gasteiger partial charge in [-0.2, -0.15) is 0 Å². The Balaban J connectivity index is 0. The third-order valence-corrected chi connectivity index (χ3v) is 1.56. The van der Waals surface area contributed by atoms with E-state index in [0.29, 0.717) is 12.2 Å². The third-order valence-electron chi connectivity index (χ3n) is 1.56. The highest BCUT2D eigenvalue weighted by Crippen LogP contribution is 1.98. The molecule has 0 atom stereocenters. The van der Waals surface area contributed by atoms with Crippen LogP contribution < -0.4 is 5.46 Å². The maximum absolute atomic E-state index is 11.1. The van der Waals surface area contributed by atoms with E-state index in [1.807, 2.05) is 20.0 Å². The lowest BCUT2D eigenvalue weighted by atomic mass is 9.95. The second-order valence-corrected chi connectivity index (χ2v) is 2.59. The fourth-order valence-electron chi connectivity index (χ4n) is 0.904. The molecule has 1 rings (SSSR count). The molecule has 0 fully saturated rings. The minimum Gasteiger partial charge on any atom is -0.462 e. The summed E-state index contributed by atoms with van der Waals surface area (Å²) in [5, 5.41) is 0. The lowest BCUT2D eigenvalue weighted by Crippen LogP contribution is -2.07. The predicted molar refractivity (Wildman–Crippen MR) is 57.8 cm³/mol. The normalized spacial score (nSPS) is 8.07. The van der Waals surface area contributed by atoms with Crippen LogP contribution in [0.3, 0.4) is 0 Å². The van der Waals surface area contributed by atoms with Gasteiger partial charge in [-0.15, -0.1) is 0 Å². The summed E-state index contributed by atoms with van der Waals surface area (Å²) in [5.74, 6) is -0.252. The first kappa shape index (κ1) is 15.2. The Hall–Kier alpha value is -1.33. The molecule has 4 nitrogen and oxygen atoms in total. The van der Waals surface area contributed by atoms with Gasteiger partial charge >= 0.3 is 5.97 Å². The summed E-state index contributed by atoms with van der Waals surface area (Å²) in [5.41, 5.74) is 1.76. The van der Waals surface area contributed by atoms with Crippen LogP contribution in [-0.2, 0) is 4.74 Å². The minimum absolute atomic E-state index is 0. The molecule has 0 spiro atoms. The van der Waals surface area contributed by atoms with Crippen LogP contribution in [-0.4, -0.2) is 31.4 Å². The van der Waals surface area contributed by atoms with Crippen molar-refractivity contribution in [2.75, 3.05) is 6.61 Å². The zero-order valence-corrected chi connectivity index (χ0v) is 8.33. The number of ether oxygens (including phenoxy) is 1. The number of benzene rings is 1. The SMILES string of the molecule is Bc1ccc(C(=O)OCC)cc1.O.O.